The Labute approximate surface area is 115 Å². The monoisotopic (exact) mass is 257 g/mol. The molecule has 0 aliphatic heterocycles. The quantitative estimate of drug-likeness (QED) is 0.833. The Balaban J connectivity index is 1.51. The van der Waals surface area contributed by atoms with Crippen LogP contribution < -0.4 is 5.32 Å². The highest BCUT2D eigenvalue weighted by Gasteiger charge is 2.28. The van der Waals surface area contributed by atoms with Gasteiger partial charge in [-0.25, -0.2) is 0 Å². The molecule has 0 saturated heterocycles. The zero-order chi connectivity index (χ0) is 13.2. The first kappa shape index (κ1) is 12.7. The molecule has 0 amide bonds. The maximum atomic E-state index is 3.57. The number of likely N-dealkylation sites (N-methyl/N-ethyl adjacent to an activating group) is 1. The number of fused-ring (bicyclic) bond motifs is 1. The first-order valence-corrected chi connectivity index (χ1v) is 7.23. The zero-order valence-corrected chi connectivity index (χ0v) is 11.8. The van der Waals surface area contributed by atoms with E-state index in [-0.39, 0.29) is 0 Å². The van der Waals surface area contributed by atoms with Gasteiger partial charge in [0.1, 0.15) is 0 Å². The van der Waals surface area contributed by atoms with Gasteiger partial charge in [-0.1, -0.05) is 6.07 Å². The minimum absolute atomic E-state index is 0.614. The van der Waals surface area contributed by atoms with Crippen molar-refractivity contribution in [3.63, 3.8) is 0 Å². The van der Waals surface area contributed by atoms with Gasteiger partial charge in [-0.3, -0.25) is 4.90 Å². The predicted octanol–water partition coefficient (Wildman–Crippen LogP) is 2.74. The molecule has 0 spiro atoms. The number of rotatable bonds is 6. The van der Waals surface area contributed by atoms with E-state index in [1.54, 1.807) is 0 Å². The molecule has 0 radical (unpaired) electrons. The fourth-order valence-electron chi connectivity index (χ4n) is 2.62. The molecule has 1 unspecified atom stereocenters. The van der Waals surface area contributed by atoms with Crippen LogP contribution >= 0.6 is 0 Å². The Bertz CT molecular complexity index is 542. The largest absolute Gasteiger partial charge is 0.361 e. The van der Waals surface area contributed by atoms with Crippen molar-refractivity contribution >= 4 is 10.9 Å². The molecule has 1 aromatic carbocycles. The summed E-state index contributed by atoms with van der Waals surface area (Å²) in [6, 6.07) is 10.2. The molecule has 3 rings (SSSR count). The van der Waals surface area contributed by atoms with Gasteiger partial charge in [0.2, 0.25) is 0 Å². The molecule has 0 bridgehead atoms. The highest BCUT2D eigenvalue weighted by Crippen LogP contribution is 2.26. The van der Waals surface area contributed by atoms with Crippen LogP contribution in [0.15, 0.2) is 30.5 Å². The van der Waals surface area contributed by atoms with Crippen LogP contribution in [0, 0.1) is 0 Å². The van der Waals surface area contributed by atoms with Crippen LogP contribution in [0.2, 0.25) is 0 Å². The summed E-state index contributed by atoms with van der Waals surface area (Å²) in [6.07, 6.45) is 4.75. The number of aromatic amines is 1. The van der Waals surface area contributed by atoms with E-state index in [9.17, 15) is 0 Å². The molecule has 3 heteroatoms. The topological polar surface area (TPSA) is 31.1 Å². The van der Waals surface area contributed by atoms with Crippen LogP contribution in [0.25, 0.3) is 10.9 Å². The summed E-state index contributed by atoms with van der Waals surface area (Å²) in [5, 5.41) is 4.86. The van der Waals surface area contributed by atoms with E-state index in [2.05, 4.69) is 53.4 Å². The lowest BCUT2D eigenvalue weighted by molar-refractivity contribution is 0.241. The van der Waals surface area contributed by atoms with Crippen LogP contribution in [0.5, 0.6) is 0 Å². The molecule has 19 heavy (non-hydrogen) atoms. The number of H-pyrrole nitrogens is 1. The highest BCUT2D eigenvalue weighted by molar-refractivity contribution is 5.79. The standard InChI is InChI=1S/C16H23N3/c1-12(19(2)15-4-5-15)10-17-11-13-3-6-16-14(9-13)7-8-18-16/h3,6-9,12,15,17-18H,4-5,10-11H2,1-2H3. The molecule has 1 atom stereocenters. The molecule has 2 N–H and O–H groups in total. The van der Waals surface area contributed by atoms with Crippen molar-refractivity contribution < 1.29 is 0 Å². The van der Waals surface area contributed by atoms with Gasteiger partial charge in [0, 0.05) is 36.9 Å². The molecule has 1 aliphatic carbocycles. The van der Waals surface area contributed by atoms with Crippen molar-refractivity contribution in [3.05, 3.63) is 36.0 Å². The summed E-state index contributed by atoms with van der Waals surface area (Å²) < 4.78 is 0. The number of benzene rings is 1. The van der Waals surface area contributed by atoms with Crippen molar-refractivity contribution in [2.45, 2.75) is 38.4 Å². The second-order valence-corrected chi connectivity index (χ2v) is 5.78. The van der Waals surface area contributed by atoms with Crippen molar-refractivity contribution in [2.75, 3.05) is 13.6 Å². The molecular weight excluding hydrogens is 234 g/mol. The van der Waals surface area contributed by atoms with E-state index in [1.165, 1.54) is 29.3 Å². The van der Waals surface area contributed by atoms with Gasteiger partial charge >= 0.3 is 0 Å². The van der Waals surface area contributed by atoms with Gasteiger partial charge < -0.3 is 10.3 Å². The summed E-state index contributed by atoms with van der Waals surface area (Å²) in [5.74, 6) is 0. The SMILES string of the molecule is CC(CNCc1ccc2[nH]ccc2c1)N(C)C1CC1. The van der Waals surface area contributed by atoms with Crippen LogP contribution in [-0.2, 0) is 6.54 Å². The molecule has 1 saturated carbocycles. The van der Waals surface area contributed by atoms with E-state index in [4.69, 9.17) is 0 Å². The fourth-order valence-corrected chi connectivity index (χ4v) is 2.62. The highest BCUT2D eigenvalue weighted by atomic mass is 15.2. The molecule has 1 aliphatic rings. The average molecular weight is 257 g/mol. The number of nitrogens with zero attached hydrogens (tertiary/aromatic N) is 1. The van der Waals surface area contributed by atoms with Crippen LogP contribution in [0.1, 0.15) is 25.3 Å². The Hall–Kier alpha value is -1.32. The van der Waals surface area contributed by atoms with Gasteiger partial charge in [0.15, 0.2) is 0 Å². The van der Waals surface area contributed by atoms with Crippen LogP contribution in [-0.4, -0.2) is 35.6 Å². The average Bonchev–Trinajstić information content (AvgIpc) is 3.16. The smallest absolute Gasteiger partial charge is 0.0454 e. The summed E-state index contributed by atoms with van der Waals surface area (Å²) in [4.78, 5) is 5.73. The number of hydrogen-bond acceptors (Lipinski definition) is 2. The van der Waals surface area contributed by atoms with Crippen LogP contribution in [0.4, 0.5) is 0 Å². The predicted molar refractivity (Wildman–Crippen MR) is 80.3 cm³/mol. The third-order valence-corrected chi connectivity index (χ3v) is 4.20. The third kappa shape index (κ3) is 2.99. The van der Waals surface area contributed by atoms with Crippen molar-refractivity contribution in [2.24, 2.45) is 0 Å². The lowest BCUT2D eigenvalue weighted by Crippen LogP contribution is -2.38. The Morgan fingerprint density at radius 1 is 1.37 bits per heavy atom. The second-order valence-electron chi connectivity index (χ2n) is 5.78. The molecule has 102 valence electrons. The Morgan fingerprint density at radius 2 is 2.21 bits per heavy atom. The van der Waals surface area contributed by atoms with Crippen LogP contribution in [0.3, 0.4) is 0 Å². The van der Waals surface area contributed by atoms with Gasteiger partial charge in [-0.15, -0.1) is 0 Å². The van der Waals surface area contributed by atoms with E-state index < -0.39 is 0 Å². The van der Waals surface area contributed by atoms with Crippen molar-refractivity contribution in [1.29, 1.82) is 0 Å². The lowest BCUT2D eigenvalue weighted by Gasteiger charge is -2.24. The Morgan fingerprint density at radius 3 is 3.00 bits per heavy atom. The normalized spacial score (nSPS) is 17.2. The zero-order valence-electron chi connectivity index (χ0n) is 11.8. The second kappa shape index (κ2) is 5.35. The van der Waals surface area contributed by atoms with Crippen molar-refractivity contribution in [3.8, 4) is 0 Å². The minimum Gasteiger partial charge on any atom is -0.361 e. The molecule has 1 fully saturated rings. The van der Waals surface area contributed by atoms with Gasteiger partial charge in [0.05, 0.1) is 0 Å². The van der Waals surface area contributed by atoms with E-state index in [0.717, 1.165) is 19.1 Å². The molecule has 1 aromatic heterocycles. The van der Waals surface area contributed by atoms with E-state index >= 15 is 0 Å². The Kier molecular flexibility index (Phi) is 3.58. The molecule has 3 nitrogen and oxygen atoms in total. The number of hydrogen-bond donors (Lipinski definition) is 2. The minimum atomic E-state index is 0.614. The van der Waals surface area contributed by atoms with E-state index in [0.29, 0.717) is 6.04 Å². The summed E-state index contributed by atoms with van der Waals surface area (Å²) in [7, 11) is 2.25. The molecule has 2 aromatic rings. The summed E-state index contributed by atoms with van der Waals surface area (Å²) >= 11 is 0. The van der Waals surface area contributed by atoms with E-state index in [1.807, 2.05) is 6.20 Å². The molecular formula is C16H23N3. The molecule has 1 heterocycles. The number of aromatic nitrogens is 1. The summed E-state index contributed by atoms with van der Waals surface area (Å²) in [6.45, 7) is 4.31. The summed E-state index contributed by atoms with van der Waals surface area (Å²) in [5.41, 5.74) is 2.57. The van der Waals surface area contributed by atoms with Gasteiger partial charge in [-0.2, -0.15) is 0 Å². The van der Waals surface area contributed by atoms with Gasteiger partial charge in [-0.05, 0) is 56.0 Å². The lowest BCUT2D eigenvalue weighted by atomic mass is 10.1. The third-order valence-electron chi connectivity index (χ3n) is 4.20. The fraction of sp³-hybridized carbons (Fsp3) is 0.500. The maximum Gasteiger partial charge on any atom is 0.0454 e. The maximum absolute atomic E-state index is 3.57. The first-order valence-electron chi connectivity index (χ1n) is 7.23. The number of nitrogens with one attached hydrogen (secondary N) is 2. The first-order chi connectivity index (χ1) is 9.24. The van der Waals surface area contributed by atoms with Crippen molar-refractivity contribution in [1.82, 2.24) is 15.2 Å². The van der Waals surface area contributed by atoms with Gasteiger partial charge in [0.25, 0.3) is 0 Å².